The highest BCUT2D eigenvalue weighted by Gasteiger charge is 2.63. The van der Waals surface area contributed by atoms with Gasteiger partial charge in [-0.25, -0.2) is 0 Å². The molecule has 0 radical (unpaired) electrons. The molecule has 3 saturated carbocycles. The van der Waals surface area contributed by atoms with Gasteiger partial charge in [-0.2, -0.15) is 0 Å². The second kappa shape index (κ2) is 6.06. The molecule has 0 N–H and O–H groups in total. The Kier molecular flexibility index (Phi) is 4.47. The van der Waals surface area contributed by atoms with Gasteiger partial charge >= 0.3 is 0 Å². The normalized spacial score (nSPS) is 46.9. The Morgan fingerprint density at radius 3 is 2.41 bits per heavy atom. The first-order valence-corrected chi connectivity index (χ1v) is 14.5. The van der Waals surface area contributed by atoms with E-state index in [1.807, 2.05) is 0 Å². The molecular weight excluding hydrogens is 372 g/mol. The van der Waals surface area contributed by atoms with Crippen LogP contribution in [-0.4, -0.2) is 19.7 Å². The van der Waals surface area contributed by atoms with E-state index in [0.29, 0.717) is 16.9 Å². The van der Waals surface area contributed by atoms with Crippen molar-refractivity contribution in [1.29, 1.82) is 0 Å². The number of allylic oxidation sites excluding steroid dienone is 4. The van der Waals surface area contributed by atoms with Crippen LogP contribution in [-0.2, 0) is 9.22 Å². The molecule has 4 aliphatic carbocycles. The third kappa shape index (κ3) is 2.79. The molecule has 4 aliphatic rings. The van der Waals surface area contributed by atoms with Gasteiger partial charge < -0.3 is 4.43 Å². The maximum absolute atomic E-state index is 12.1. The molecule has 0 aromatic carbocycles. The number of carbonyl (C=O) groups excluding carboxylic acids is 1. The molecule has 0 aromatic heterocycles. The fourth-order valence-corrected chi connectivity index (χ4v) is 9.40. The summed E-state index contributed by atoms with van der Waals surface area (Å²) in [6, 6.07) is 0. The van der Waals surface area contributed by atoms with Crippen molar-refractivity contribution in [1.82, 2.24) is 0 Å². The first-order chi connectivity index (χ1) is 12.4. The second-order valence-corrected chi connectivity index (χ2v) is 15.9. The monoisotopic (exact) mass is 406 g/mol. The van der Waals surface area contributed by atoms with E-state index in [2.05, 4.69) is 46.5 Å². The highest BCUT2D eigenvalue weighted by molar-refractivity contribution is 6.69. The first-order valence-electron chi connectivity index (χ1n) is 10.7. The van der Waals surface area contributed by atoms with Gasteiger partial charge in [0.05, 0.1) is 10.6 Å². The predicted molar refractivity (Wildman–Crippen MR) is 114 cm³/mol. The van der Waals surface area contributed by atoms with Crippen molar-refractivity contribution >= 4 is 25.7 Å². The summed E-state index contributed by atoms with van der Waals surface area (Å²) >= 11 is 6.48. The lowest BCUT2D eigenvalue weighted by Gasteiger charge is -2.59. The van der Waals surface area contributed by atoms with Crippen LogP contribution in [0.1, 0.15) is 59.3 Å². The van der Waals surface area contributed by atoms with Gasteiger partial charge in [0.1, 0.15) is 0 Å². The second-order valence-electron chi connectivity index (χ2n) is 11.1. The van der Waals surface area contributed by atoms with Crippen LogP contribution < -0.4 is 0 Å². The molecule has 4 heteroatoms. The van der Waals surface area contributed by atoms with Crippen molar-refractivity contribution in [2.45, 2.75) is 84.5 Å². The fraction of sp³-hybridized carbons (Fsp3) is 0.783. The van der Waals surface area contributed by atoms with Crippen LogP contribution in [0.25, 0.3) is 0 Å². The third-order valence-corrected chi connectivity index (χ3v) is 10.2. The first kappa shape index (κ1) is 19.9. The smallest absolute Gasteiger partial charge is 0.196 e. The van der Waals surface area contributed by atoms with E-state index in [9.17, 15) is 4.79 Å². The Balaban J connectivity index is 1.68. The minimum atomic E-state index is -1.59. The molecule has 0 spiro atoms. The Morgan fingerprint density at radius 2 is 1.74 bits per heavy atom. The molecule has 0 aliphatic heterocycles. The van der Waals surface area contributed by atoms with Gasteiger partial charge in [0.15, 0.2) is 14.1 Å². The van der Waals surface area contributed by atoms with Crippen LogP contribution in [0.5, 0.6) is 0 Å². The van der Waals surface area contributed by atoms with Crippen LogP contribution in [0.15, 0.2) is 22.8 Å². The number of hydrogen-bond donors (Lipinski definition) is 0. The van der Waals surface area contributed by atoms with Crippen LogP contribution in [0.4, 0.5) is 0 Å². The summed E-state index contributed by atoms with van der Waals surface area (Å²) in [5.41, 5.74) is 1.46. The maximum atomic E-state index is 12.1. The summed E-state index contributed by atoms with van der Waals surface area (Å²) < 4.78 is 6.85. The Morgan fingerprint density at radius 1 is 1.07 bits per heavy atom. The lowest BCUT2D eigenvalue weighted by atomic mass is 9.47. The SMILES string of the molecule is CC12C=CC(=O)C(Cl)=C1CCC1C2CCC2(C)C1CC[C@@]2(C)O[Si](C)(C)C. The fourth-order valence-electron chi connectivity index (χ4n) is 7.35. The van der Waals surface area contributed by atoms with Crippen molar-refractivity contribution in [3.8, 4) is 0 Å². The molecule has 0 aromatic rings. The van der Waals surface area contributed by atoms with Gasteiger partial charge in [-0.15, -0.1) is 0 Å². The van der Waals surface area contributed by atoms with Gasteiger partial charge in [-0.3, -0.25) is 4.79 Å². The van der Waals surface area contributed by atoms with Crippen molar-refractivity contribution in [3.05, 3.63) is 22.8 Å². The van der Waals surface area contributed by atoms with E-state index >= 15 is 0 Å². The van der Waals surface area contributed by atoms with E-state index in [0.717, 1.165) is 12.3 Å². The quantitative estimate of drug-likeness (QED) is 0.491. The largest absolute Gasteiger partial charge is 0.412 e. The molecular formula is C23H35ClO2Si. The molecule has 5 unspecified atom stereocenters. The Labute approximate surface area is 170 Å². The van der Waals surface area contributed by atoms with E-state index in [-0.39, 0.29) is 22.2 Å². The molecule has 0 heterocycles. The van der Waals surface area contributed by atoms with E-state index in [1.165, 1.54) is 37.7 Å². The van der Waals surface area contributed by atoms with Crippen LogP contribution in [0.2, 0.25) is 19.6 Å². The van der Waals surface area contributed by atoms with Crippen LogP contribution >= 0.6 is 11.6 Å². The summed E-state index contributed by atoms with van der Waals surface area (Å²) in [4.78, 5) is 12.1. The van der Waals surface area contributed by atoms with Crippen molar-refractivity contribution in [3.63, 3.8) is 0 Å². The minimum absolute atomic E-state index is 0.000201. The minimum Gasteiger partial charge on any atom is -0.412 e. The highest BCUT2D eigenvalue weighted by atomic mass is 35.5. The molecule has 0 amide bonds. The zero-order valence-electron chi connectivity index (χ0n) is 17.8. The zero-order chi connectivity index (χ0) is 19.8. The van der Waals surface area contributed by atoms with Crippen molar-refractivity contribution in [2.24, 2.45) is 28.6 Å². The van der Waals surface area contributed by atoms with E-state index in [1.54, 1.807) is 6.08 Å². The summed E-state index contributed by atoms with van der Waals surface area (Å²) in [5.74, 6) is 2.04. The molecule has 150 valence electrons. The number of ketones is 1. The molecule has 4 rings (SSSR count). The predicted octanol–water partition coefficient (Wildman–Crippen LogP) is 6.47. The van der Waals surface area contributed by atoms with Crippen molar-refractivity contribution in [2.75, 3.05) is 0 Å². The average Bonchev–Trinajstić information content (AvgIpc) is 2.81. The van der Waals surface area contributed by atoms with Crippen LogP contribution in [0, 0.1) is 28.6 Å². The summed E-state index contributed by atoms with van der Waals surface area (Å²) in [6.45, 7) is 14.2. The maximum Gasteiger partial charge on any atom is 0.196 e. The topological polar surface area (TPSA) is 26.3 Å². The standard InChI is InChI=1S/C23H35ClO2Si/c1-21-12-11-19(25)20(24)18(21)8-7-15-16(21)9-13-22(2)17(15)10-14-23(22,3)26-27(4,5)6/h11-12,15-17H,7-10,13-14H2,1-6H3/t15?,16?,17?,21?,22?,23-/m1/s1. The molecule has 27 heavy (non-hydrogen) atoms. The number of halogens is 1. The molecule has 0 saturated heterocycles. The van der Waals surface area contributed by atoms with Gasteiger partial charge in [0.25, 0.3) is 0 Å². The summed E-state index contributed by atoms with van der Waals surface area (Å²) in [6.07, 6.45) is 11.0. The summed E-state index contributed by atoms with van der Waals surface area (Å²) in [5, 5.41) is 0.505. The van der Waals surface area contributed by atoms with Gasteiger partial charge in [-0.05, 0) is 99.9 Å². The van der Waals surface area contributed by atoms with Crippen LogP contribution in [0.3, 0.4) is 0 Å². The van der Waals surface area contributed by atoms with Gasteiger partial charge in [-0.1, -0.05) is 31.5 Å². The lowest BCUT2D eigenvalue weighted by Crippen LogP contribution is -2.56. The average molecular weight is 407 g/mol. The van der Waals surface area contributed by atoms with Crippen molar-refractivity contribution < 1.29 is 9.22 Å². The zero-order valence-corrected chi connectivity index (χ0v) is 19.6. The van der Waals surface area contributed by atoms with E-state index in [4.69, 9.17) is 16.0 Å². The highest BCUT2D eigenvalue weighted by Crippen LogP contribution is 2.68. The Hall–Kier alpha value is -0.383. The van der Waals surface area contributed by atoms with E-state index < -0.39 is 8.32 Å². The third-order valence-electron chi connectivity index (χ3n) is 8.71. The number of rotatable bonds is 2. The molecule has 0 bridgehead atoms. The number of carbonyl (C=O) groups is 1. The lowest BCUT2D eigenvalue weighted by molar-refractivity contribution is -0.112. The van der Waals surface area contributed by atoms with Gasteiger partial charge in [0, 0.05) is 5.41 Å². The molecule has 6 atom stereocenters. The van der Waals surface area contributed by atoms with Gasteiger partial charge in [0.2, 0.25) is 0 Å². The molecule has 3 fully saturated rings. The summed E-state index contributed by atoms with van der Waals surface area (Å²) in [7, 11) is -1.59. The number of fused-ring (bicyclic) bond motifs is 5. The molecule has 2 nitrogen and oxygen atoms in total. The Bertz CT molecular complexity index is 735. The number of hydrogen-bond acceptors (Lipinski definition) is 2.